The summed E-state index contributed by atoms with van der Waals surface area (Å²) in [5.41, 5.74) is 0.461. The van der Waals surface area contributed by atoms with Gasteiger partial charge in [0.25, 0.3) is 0 Å². The Kier molecular flexibility index (Phi) is 7.63. The molecule has 1 aliphatic rings. The number of aliphatic hydroxyl groups is 1. The number of aromatic nitrogens is 4. The Balaban J connectivity index is 1.42. The summed E-state index contributed by atoms with van der Waals surface area (Å²) >= 11 is 1.37. The molecule has 9 nitrogen and oxygen atoms in total. The molecule has 3 rings (SSSR count). The Morgan fingerprint density at radius 3 is 2.96 bits per heavy atom. The van der Waals surface area contributed by atoms with Crippen LogP contribution >= 0.6 is 11.8 Å². The van der Waals surface area contributed by atoms with Crippen molar-refractivity contribution in [1.29, 1.82) is 0 Å². The van der Waals surface area contributed by atoms with Crippen molar-refractivity contribution in [3.8, 4) is 5.75 Å². The van der Waals surface area contributed by atoms with E-state index in [-0.39, 0.29) is 18.7 Å². The van der Waals surface area contributed by atoms with Crippen molar-refractivity contribution in [2.24, 2.45) is 0 Å². The molecule has 1 aliphatic heterocycles. The standard InChI is InChI=1S/C18H24N4O5S/c1-2-25-17(24)13-5-7-15(8-6-13)27-11-14(23)12-28-18-19-20-21-22(18)10-16-4-3-9-26-16/h5-8,14,16,23H,2-4,9-12H2,1H3. The van der Waals surface area contributed by atoms with Crippen LogP contribution in [-0.2, 0) is 16.0 Å². The summed E-state index contributed by atoms with van der Waals surface area (Å²) in [6, 6.07) is 6.62. The highest BCUT2D eigenvalue weighted by Crippen LogP contribution is 2.19. The highest BCUT2D eigenvalue weighted by atomic mass is 32.2. The van der Waals surface area contributed by atoms with Gasteiger partial charge in [-0.15, -0.1) is 5.10 Å². The summed E-state index contributed by atoms with van der Waals surface area (Å²) in [5.74, 6) is 0.596. The van der Waals surface area contributed by atoms with Gasteiger partial charge in [-0.2, -0.15) is 0 Å². The molecule has 0 radical (unpaired) electrons. The van der Waals surface area contributed by atoms with E-state index >= 15 is 0 Å². The molecule has 2 atom stereocenters. The smallest absolute Gasteiger partial charge is 0.338 e. The number of esters is 1. The monoisotopic (exact) mass is 408 g/mol. The molecular weight excluding hydrogens is 384 g/mol. The van der Waals surface area contributed by atoms with Gasteiger partial charge in [0.1, 0.15) is 12.4 Å². The summed E-state index contributed by atoms with van der Waals surface area (Å²) in [6.07, 6.45) is 1.53. The van der Waals surface area contributed by atoms with Crippen molar-refractivity contribution in [1.82, 2.24) is 20.2 Å². The van der Waals surface area contributed by atoms with Crippen LogP contribution in [0.1, 0.15) is 30.1 Å². The third kappa shape index (κ3) is 5.91. The van der Waals surface area contributed by atoms with Gasteiger partial charge in [0.15, 0.2) is 0 Å². The molecule has 1 saturated heterocycles. The fourth-order valence-corrected chi connectivity index (χ4v) is 3.50. The van der Waals surface area contributed by atoms with Crippen LogP contribution in [0.2, 0.25) is 0 Å². The van der Waals surface area contributed by atoms with Gasteiger partial charge in [-0.3, -0.25) is 0 Å². The lowest BCUT2D eigenvalue weighted by atomic mass is 10.2. The van der Waals surface area contributed by atoms with Gasteiger partial charge in [0.2, 0.25) is 5.16 Å². The number of hydrogen-bond donors (Lipinski definition) is 1. The quantitative estimate of drug-likeness (QED) is 0.463. The van der Waals surface area contributed by atoms with E-state index in [1.54, 1.807) is 35.9 Å². The highest BCUT2D eigenvalue weighted by molar-refractivity contribution is 7.99. The van der Waals surface area contributed by atoms with Crippen LogP contribution in [0.5, 0.6) is 5.75 Å². The predicted octanol–water partition coefficient (Wildman–Crippen LogP) is 1.56. The maximum Gasteiger partial charge on any atom is 0.338 e. The summed E-state index contributed by atoms with van der Waals surface area (Å²) in [7, 11) is 0. The summed E-state index contributed by atoms with van der Waals surface area (Å²) < 4.78 is 17.8. The van der Waals surface area contributed by atoms with Crippen LogP contribution in [0, 0.1) is 0 Å². The SMILES string of the molecule is CCOC(=O)c1ccc(OCC(O)CSc2nnnn2CC2CCCO2)cc1. The van der Waals surface area contributed by atoms with Crippen molar-refractivity contribution in [3.05, 3.63) is 29.8 Å². The maximum absolute atomic E-state index is 11.6. The van der Waals surface area contributed by atoms with E-state index in [9.17, 15) is 9.90 Å². The first-order valence-electron chi connectivity index (χ1n) is 9.24. The average Bonchev–Trinajstić information content (AvgIpc) is 3.38. The molecule has 0 amide bonds. The second-order valence-corrected chi connectivity index (χ2v) is 7.29. The fourth-order valence-electron chi connectivity index (χ4n) is 2.71. The first-order chi connectivity index (χ1) is 13.7. The number of tetrazole rings is 1. The van der Waals surface area contributed by atoms with Gasteiger partial charge in [-0.1, -0.05) is 11.8 Å². The Bertz CT molecular complexity index is 749. The predicted molar refractivity (Wildman–Crippen MR) is 101 cm³/mol. The third-order valence-electron chi connectivity index (χ3n) is 4.11. The number of aliphatic hydroxyl groups excluding tert-OH is 1. The first kappa shape index (κ1) is 20.6. The van der Waals surface area contributed by atoms with Crippen LogP contribution in [0.15, 0.2) is 29.4 Å². The topological polar surface area (TPSA) is 109 Å². The van der Waals surface area contributed by atoms with Crippen LogP contribution in [0.3, 0.4) is 0 Å². The minimum Gasteiger partial charge on any atom is -0.491 e. The minimum atomic E-state index is -0.692. The van der Waals surface area contributed by atoms with Gasteiger partial charge in [-0.25, -0.2) is 9.48 Å². The molecule has 1 N–H and O–H groups in total. The molecule has 10 heteroatoms. The number of nitrogens with zero attached hydrogens (tertiary/aromatic N) is 4. The van der Waals surface area contributed by atoms with E-state index in [0.29, 0.717) is 35.4 Å². The number of carbonyl (C=O) groups excluding carboxylic acids is 1. The maximum atomic E-state index is 11.6. The number of thioether (sulfide) groups is 1. The second kappa shape index (κ2) is 10.4. The average molecular weight is 408 g/mol. The molecule has 1 aromatic carbocycles. The molecule has 2 heterocycles. The van der Waals surface area contributed by atoms with Crippen molar-refractivity contribution in [2.45, 2.75) is 43.7 Å². The minimum absolute atomic E-state index is 0.124. The Labute approximate surface area is 167 Å². The lowest BCUT2D eigenvalue weighted by Crippen LogP contribution is -2.21. The summed E-state index contributed by atoms with van der Waals surface area (Å²) in [4.78, 5) is 11.6. The van der Waals surface area contributed by atoms with Gasteiger partial charge >= 0.3 is 5.97 Å². The molecule has 0 bridgehead atoms. The van der Waals surface area contributed by atoms with Crippen molar-refractivity contribution < 1.29 is 24.1 Å². The third-order valence-corrected chi connectivity index (χ3v) is 5.21. The number of rotatable bonds is 10. The number of hydrogen-bond acceptors (Lipinski definition) is 9. The molecule has 152 valence electrons. The van der Waals surface area contributed by atoms with Gasteiger partial charge < -0.3 is 19.3 Å². The van der Waals surface area contributed by atoms with Crippen LogP contribution in [0.4, 0.5) is 0 Å². The fraction of sp³-hybridized carbons (Fsp3) is 0.556. The van der Waals surface area contributed by atoms with Gasteiger partial charge in [0.05, 0.1) is 30.9 Å². The molecule has 28 heavy (non-hydrogen) atoms. The van der Waals surface area contributed by atoms with Crippen molar-refractivity contribution >= 4 is 17.7 Å². The van der Waals surface area contributed by atoms with Crippen molar-refractivity contribution in [2.75, 3.05) is 25.6 Å². The molecule has 2 unspecified atom stereocenters. The van der Waals surface area contributed by atoms with E-state index in [4.69, 9.17) is 14.2 Å². The molecule has 1 fully saturated rings. The normalized spacial score (nSPS) is 17.4. The first-order valence-corrected chi connectivity index (χ1v) is 10.2. The zero-order chi connectivity index (χ0) is 19.8. The van der Waals surface area contributed by atoms with E-state index in [2.05, 4.69) is 15.5 Å². The van der Waals surface area contributed by atoms with Crippen LogP contribution in [-0.4, -0.2) is 69.1 Å². The molecule has 0 saturated carbocycles. The Hall–Kier alpha value is -2.17. The highest BCUT2D eigenvalue weighted by Gasteiger charge is 2.19. The van der Waals surface area contributed by atoms with E-state index in [0.717, 1.165) is 19.4 Å². The Morgan fingerprint density at radius 1 is 1.43 bits per heavy atom. The second-order valence-electron chi connectivity index (χ2n) is 6.30. The number of ether oxygens (including phenoxy) is 3. The number of benzene rings is 1. The van der Waals surface area contributed by atoms with E-state index < -0.39 is 6.10 Å². The molecule has 2 aromatic rings. The molecular formula is C18H24N4O5S. The van der Waals surface area contributed by atoms with Gasteiger partial charge in [0, 0.05) is 12.4 Å². The zero-order valence-electron chi connectivity index (χ0n) is 15.7. The van der Waals surface area contributed by atoms with Crippen LogP contribution < -0.4 is 4.74 Å². The largest absolute Gasteiger partial charge is 0.491 e. The Morgan fingerprint density at radius 2 is 2.25 bits per heavy atom. The zero-order valence-corrected chi connectivity index (χ0v) is 16.5. The molecule has 0 spiro atoms. The molecule has 1 aromatic heterocycles. The van der Waals surface area contributed by atoms with E-state index in [1.807, 2.05) is 0 Å². The van der Waals surface area contributed by atoms with Crippen LogP contribution in [0.25, 0.3) is 0 Å². The lowest BCUT2D eigenvalue weighted by Gasteiger charge is -2.13. The van der Waals surface area contributed by atoms with E-state index in [1.165, 1.54) is 11.8 Å². The summed E-state index contributed by atoms with van der Waals surface area (Å²) in [5, 5.41) is 22.5. The summed E-state index contributed by atoms with van der Waals surface area (Å²) in [6.45, 7) is 3.62. The lowest BCUT2D eigenvalue weighted by molar-refractivity contribution is 0.0526. The molecule has 0 aliphatic carbocycles. The number of carbonyl (C=O) groups is 1. The van der Waals surface area contributed by atoms with Gasteiger partial charge in [-0.05, 0) is 54.5 Å². The van der Waals surface area contributed by atoms with Crippen molar-refractivity contribution in [3.63, 3.8) is 0 Å².